The summed E-state index contributed by atoms with van der Waals surface area (Å²) in [5.74, 6) is -1.18. The number of methoxy groups -OCH3 is 1. The Morgan fingerprint density at radius 1 is 1.17 bits per heavy atom. The van der Waals surface area contributed by atoms with Crippen LogP contribution >= 0.6 is 0 Å². The van der Waals surface area contributed by atoms with Crippen LogP contribution in [0.15, 0.2) is 41.0 Å². The first-order valence-corrected chi connectivity index (χ1v) is 17.8. The van der Waals surface area contributed by atoms with E-state index in [1.54, 1.807) is 51.3 Å². The Labute approximate surface area is 244 Å². The molecule has 0 bridgehead atoms. The van der Waals surface area contributed by atoms with Crippen molar-refractivity contribution in [1.82, 2.24) is 0 Å². The van der Waals surface area contributed by atoms with E-state index in [0.29, 0.717) is 35.5 Å². The van der Waals surface area contributed by atoms with Gasteiger partial charge < -0.3 is 38.3 Å². The molecule has 2 aromatic rings. The lowest BCUT2D eigenvalue weighted by Gasteiger charge is -2.20. The number of carbonyl (C=O) groups is 1. The Morgan fingerprint density at radius 3 is 2.56 bits per heavy atom. The van der Waals surface area contributed by atoms with Gasteiger partial charge in [-0.2, -0.15) is 0 Å². The molecule has 0 aliphatic carbocycles. The maximum absolute atomic E-state index is 13.4. The molecular formula is C31H46O9Si. The predicted molar refractivity (Wildman–Crippen MR) is 161 cm³/mol. The third kappa shape index (κ3) is 9.26. The number of fused-ring (bicyclic) bond motifs is 1. The molecule has 3 rings (SSSR count). The number of ether oxygens (including phenoxy) is 5. The Kier molecular flexibility index (Phi) is 11.4. The van der Waals surface area contributed by atoms with Crippen LogP contribution in [0.3, 0.4) is 0 Å². The highest BCUT2D eigenvalue weighted by Gasteiger charge is 2.43. The second kappa shape index (κ2) is 14.1. The van der Waals surface area contributed by atoms with Gasteiger partial charge in [0.1, 0.15) is 29.1 Å². The second-order valence-electron chi connectivity index (χ2n) is 12.2. The molecule has 9 nitrogen and oxygen atoms in total. The van der Waals surface area contributed by atoms with Gasteiger partial charge in [0, 0.05) is 32.2 Å². The number of hydrogen-bond donors (Lipinski definition) is 2. The lowest BCUT2D eigenvalue weighted by atomic mass is 9.98. The summed E-state index contributed by atoms with van der Waals surface area (Å²) < 4.78 is 34.4. The Bertz CT molecular complexity index is 1210. The van der Waals surface area contributed by atoms with Crippen LogP contribution in [0.2, 0.25) is 25.7 Å². The predicted octanol–water partition coefficient (Wildman–Crippen LogP) is 5.77. The van der Waals surface area contributed by atoms with Gasteiger partial charge in [0.15, 0.2) is 12.6 Å². The third-order valence-corrected chi connectivity index (χ3v) is 8.67. The molecule has 1 fully saturated rings. The van der Waals surface area contributed by atoms with E-state index in [1.807, 2.05) is 19.1 Å². The summed E-state index contributed by atoms with van der Waals surface area (Å²) in [7, 11) is 0.0993. The molecule has 0 amide bonds. The molecule has 1 aromatic carbocycles. The van der Waals surface area contributed by atoms with Crippen molar-refractivity contribution in [2.24, 2.45) is 5.92 Å². The number of aliphatic hydroxyl groups is 2. The lowest BCUT2D eigenvalue weighted by Crippen LogP contribution is -2.34. The van der Waals surface area contributed by atoms with Crippen LogP contribution in [0.25, 0.3) is 17.0 Å². The number of rotatable bonds is 14. The third-order valence-electron chi connectivity index (χ3n) is 6.97. The number of hydrogen-bond acceptors (Lipinski definition) is 9. The highest BCUT2D eigenvalue weighted by molar-refractivity contribution is 6.76. The quantitative estimate of drug-likeness (QED) is 0.122. The summed E-state index contributed by atoms with van der Waals surface area (Å²) in [4.78, 5) is 13.4. The molecule has 1 unspecified atom stereocenters. The van der Waals surface area contributed by atoms with Crippen LogP contribution in [0.1, 0.15) is 50.0 Å². The van der Waals surface area contributed by atoms with Crippen molar-refractivity contribution in [3.05, 3.63) is 47.8 Å². The Morgan fingerprint density at radius 2 is 1.90 bits per heavy atom. The molecule has 10 heteroatoms. The van der Waals surface area contributed by atoms with Gasteiger partial charge in [0.25, 0.3) is 0 Å². The van der Waals surface area contributed by atoms with Crippen molar-refractivity contribution in [1.29, 1.82) is 0 Å². The molecule has 41 heavy (non-hydrogen) atoms. The molecule has 0 radical (unpaired) electrons. The van der Waals surface area contributed by atoms with E-state index in [-0.39, 0.29) is 12.7 Å². The normalized spacial score (nSPS) is 21.5. The van der Waals surface area contributed by atoms with Crippen molar-refractivity contribution < 1.29 is 43.1 Å². The van der Waals surface area contributed by atoms with Gasteiger partial charge in [-0.25, -0.2) is 4.79 Å². The Balaban J connectivity index is 1.90. The van der Waals surface area contributed by atoms with Crippen LogP contribution in [-0.4, -0.2) is 75.0 Å². The van der Waals surface area contributed by atoms with E-state index >= 15 is 0 Å². The van der Waals surface area contributed by atoms with E-state index in [2.05, 4.69) is 19.6 Å². The molecule has 2 N–H and O–H groups in total. The lowest BCUT2D eigenvalue weighted by molar-refractivity contribution is -0.152. The first kappa shape index (κ1) is 33.0. The fourth-order valence-corrected chi connectivity index (χ4v) is 5.18. The molecular weight excluding hydrogens is 544 g/mol. The van der Waals surface area contributed by atoms with Crippen molar-refractivity contribution in [3.63, 3.8) is 0 Å². The van der Waals surface area contributed by atoms with Crippen LogP contribution in [0, 0.1) is 5.92 Å². The summed E-state index contributed by atoms with van der Waals surface area (Å²) in [5.41, 5.74) is 1.45. The van der Waals surface area contributed by atoms with Gasteiger partial charge >= 0.3 is 5.97 Å². The monoisotopic (exact) mass is 590 g/mol. The van der Waals surface area contributed by atoms with E-state index in [4.69, 9.17) is 28.1 Å². The summed E-state index contributed by atoms with van der Waals surface area (Å²) in [5, 5.41) is 21.4. The van der Waals surface area contributed by atoms with Crippen LogP contribution in [0.5, 0.6) is 5.75 Å². The maximum atomic E-state index is 13.4. The van der Waals surface area contributed by atoms with Crippen molar-refractivity contribution in [2.45, 2.75) is 90.0 Å². The highest BCUT2D eigenvalue weighted by atomic mass is 28.3. The van der Waals surface area contributed by atoms with E-state index in [1.165, 1.54) is 7.11 Å². The van der Waals surface area contributed by atoms with E-state index in [0.717, 1.165) is 11.4 Å². The number of furan rings is 1. The average molecular weight is 591 g/mol. The molecule has 5 atom stereocenters. The molecule has 228 valence electrons. The first-order chi connectivity index (χ1) is 19.2. The minimum Gasteiger partial charge on any atom is -0.466 e. The van der Waals surface area contributed by atoms with Gasteiger partial charge in [-0.05, 0) is 45.2 Å². The molecule has 0 saturated carbocycles. The number of benzene rings is 1. The highest BCUT2D eigenvalue weighted by Crippen LogP contribution is 2.36. The van der Waals surface area contributed by atoms with Gasteiger partial charge in [-0.1, -0.05) is 50.9 Å². The SMILES string of the molecule is COCOc1cc2occc2c(/C=C/C[C@@H]2OC(C)(C)O[C@@H]2C(O)/C=C\[C@@H](C)[C@H](C)O)c1C(=O)OCC[Si](C)(C)C. The topological polar surface area (TPSA) is 117 Å². The summed E-state index contributed by atoms with van der Waals surface area (Å²) in [6.07, 6.45) is 6.55. The molecule has 1 aromatic heterocycles. The fourth-order valence-electron chi connectivity index (χ4n) is 4.47. The smallest absolute Gasteiger partial charge is 0.342 e. The average Bonchev–Trinajstić information content (AvgIpc) is 3.47. The van der Waals surface area contributed by atoms with Crippen molar-refractivity contribution >= 4 is 31.1 Å². The Hall–Kier alpha value is -2.47. The van der Waals surface area contributed by atoms with Gasteiger partial charge in [-0.15, -0.1) is 0 Å². The zero-order valence-electron chi connectivity index (χ0n) is 25.5. The summed E-state index contributed by atoms with van der Waals surface area (Å²) in [6.45, 7) is 14.1. The zero-order valence-corrected chi connectivity index (χ0v) is 26.5. The molecule has 2 heterocycles. The van der Waals surface area contributed by atoms with Crippen molar-refractivity contribution in [2.75, 3.05) is 20.5 Å². The fraction of sp³-hybridized carbons (Fsp3) is 0.581. The van der Waals surface area contributed by atoms with Crippen LogP contribution < -0.4 is 4.74 Å². The standard InChI is InChI=1S/C31H46O9Si/c1-20(21(2)32)12-13-24(33)29-25(39-31(3,4)40-29)11-9-10-23-22-14-15-36-26(22)18-27(38-19-35-5)28(23)30(34)37-16-17-41(6,7)8/h9-10,12-15,18,20-21,24-25,29,32-33H,11,16-17,19H2,1-8H3/b10-9+,13-12-/t20-,21+,24?,25+,29-/m1/s1. The first-order valence-electron chi connectivity index (χ1n) is 14.1. The minimum atomic E-state index is -1.41. The van der Waals surface area contributed by atoms with Crippen LogP contribution in [-0.2, 0) is 18.9 Å². The molecule has 1 saturated heterocycles. The second-order valence-corrected chi connectivity index (χ2v) is 17.9. The van der Waals surface area contributed by atoms with Crippen LogP contribution in [0.4, 0.5) is 0 Å². The molecule has 1 aliphatic heterocycles. The van der Waals surface area contributed by atoms with Gasteiger partial charge in [0.05, 0.1) is 25.1 Å². The number of esters is 1. The minimum absolute atomic E-state index is 0.0480. The van der Waals surface area contributed by atoms with E-state index < -0.39 is 44.2 Å². The zero-order chi connectivity index (χ0) is 30.4. The number of carbonyl (C=O) groups excluding carboxylic acids is 1. The maximum Gasteiger partial charge on any atom is 0.342 e. The van der Waals surface area contributed by atoms with E-state index in [9.17, 15) is 15.0 Å². The number of aliphatic hydroxyl groups excluding tert-OH is 2. The summed E-state index contributed by atoms with van der Waals surface area (Å²) >= 11 is 0. The van der Waals surface area contributed by atoms with Crippen molar-refractivity contribution in [3.8, 4) is 5.75 Å². The molecule has 0 spiro atoms. The molecule has 1 aliphatic rings. The van der Waals surface area contributed by atoms with Gasteiger partial charge in [0.2, 0.25) is 0 Å². The largest absolute Gasteiger partial charge is 0.466 e. The summed E-state index contributed by atoms with van der Waals surface area (Å²) in [6, 6.07) is 4.31. The van der Waals surface area contributed by atoms with Gasteiger partial charge in [-0.3, -0.25) is 0 Å².